The zero-order chi connectivity index (χ0) is 16.2. The Bertz CT molecular complexity index is 579. The molecule has 0 unspecified atom stereocenters. The van der Waals surface area contributed by atoms with Gasteiger partial charge >= 0.3 is 7.12 Å². The monoisotopic (exact) mass is 336 g/mol. The van der Waals surface area contributed by atoms with Crippen LogP contribution in [0.15, 0.2) is 12.1 Å². The Labute approximate surface area is 142 Å². The van der Waals surface area contributed by atoms with E-state index in [1.54, 1.807) is 12.1 Å². The van der Waals surface area contributed by atoms with Gasteiger partial charge in [-0.25, -0.2) is 0 Å². The summed E-state index contributed by atoms with van der Waals surface area (Å²) in [5.41, 5.74) is 1.87. The highest BCUT2D eigenvalue weighted by Gasteiger charge is 2.29. The average Bonchev–Trinajstić information content (AvgIpc) is 2.92. The molecule has 7 heteroatoms. The van der Waals surface area contributed by atoms with Gasteiger partial charge < -0.3 is 19.9 Å². The number of halogens is 1. The van der Waals surface area contributed by atoms with E-state index in [2.05, 4.69) is 10.2 Å². The van der Waals surface area contributed by atoms with Crippen molar-refractivity contribution in [3.63, 3.8) is 0 Å². The van der Waals surface area contributed by atoms with Crippen LogP contribution < -0.4 is 10.8 Å². The molecule has 0 aromatic heterocycles. The average molecular weight is 337 g/mol. The molecule has 5 nitrogen and oxygen atoms in total. The van der Waals surface area contributed by atoms with E-state index in [0.29, 0.717) is 29.2 Å². The first kappa shape index (κ1) is 16.8. The number of hydrogen-bond donors (Lipinski definition) is 2. The molecule has 1 amide bonds. The zero-order valence-corrected chi connectivity index (χ0v) is 13.9. The molecule has 0 spiro atoms. The second kappa shape index (κ2) is 7.66. The predicted octanol–water partition coefficient (Wildman–Crippen LogP) is 1.16. The molecule has 1 saturated heterocycles. The molecule has 2 N–H and O–H groups in total. The van der Waals surface area contributed by atoms with Crippen LogP contribution in [0.3, 0.4) is 0 Å². The molecule has 2 aliphatic heterocycles. The summed E-state index contributed by atoms with van der Waals surface area (Å²) >= 11 is 6.18. The molecule has 3 rings (SSSR count). The summed E-state index contributed by atoms with van der Waals surface area (Å²) in [5.74, 6) is -0.199. The van der Waals surface area contributed by atoms with Gasteiger partial charge in [0.25, 0.3) is 5.91 Å². The number of carbonyl (C=O) groups excluding carboxylic acids is 1. The number of carbonyl (C=O) groups is 1. The molecule has 0 atom stereocenters. The van der Waals surface area contributed by atoms with Crippen molar-refractivity contribution in [2.24, 2.45) is 0 Å². The van der Waals surface area contributed by atoms with Crippen molar-refractivity contribution in [1.82, 2.24) is 10.2 Å². The first-order valence-electron chi connectivity index (χ1n) is 8.27. The molecular formula is C16H22BClN2O3. The quantitative estimate of drug-likeness (QED) is 0.626. The summed E-state index contributed by atoms with van der Waals surface area (Å²) in [4.78, 5) is 14.7. The molecule has 124 valence electrons. The lowest BCUT2D eigenvalue weighted by Gasteiger charge is -2.26. The van der Waals surface area contributed by atoms with E-state index < -0.39 is 7.12 Å². The van der Waals surface area contributed by atoms with Crippen LogP contribution in [-0.2, 0) is 11.3 Å². The van der Waals surface area contributed by atoms with Crippen LogP contribution in [0.2, 0.25) is 5.02 Å². The summed E-state index contributed by atoms with van der Waals surface area (Å²) in [5, 5.41) is 13.0. The molecule has 1 fully saturated rings. The van der Waals surface area contributed by atoms with E-state index in [4.69, 9.17) is 16.3 Å². The summed E-state index contributed by atoms with van der Waals surface area (Å²) in [7, 11) is -0.965. The number of piperidine rings is 1. The highest BCUT2D eigenvalue weighted by atomic mass is 35.5. The molecule has 0 radical (unpaired) electrons. The van der Waals surface area contributed by atoms with Gasteiger partial charge in [-0.15, -0.1) is 0 Å². The Hall–Kier alpha value is -1.08. The van der Waals surface area contributed by atoms with E-state index in [9.17, 15) is 9.82 Å². The SMILES string of the molecule is O=C(NCCCN1CCCCC1)c1cc2c(cc1Cl)COB2O. The van der Waals surface area contributed by atoms with Gasteiger partial charge in [0.1, 0.15) is 0 Å². The normalized spacial score (nSPS) is 18.1. The highest BCUT2D eigenvalue weighted by molar-refractivity contribution is 6.61. The molecule has 2 heterocycles. The minimum Gasteiger partial charge on any atom is -0.423 e. The topological polar surface area (TPSA) is 61.8 Å². The third kappa shape index (κ3) is 4.07. The first-order valence-corrected chi connectivity index (χ1v) is 8.65. The lowest BCUT2D eigenvalue weighted by atomic mass is 9.78. The van der Waals surface area contributed by atoms with Gasteiger partial charge in [-0.1, -0.05) is 18.0 Å². The maximum Gasteiger partial charge on any atom is 0.491 e. The van der Waals surface area contributed by atoms with Crippen molar-refractivity contribution >= 4 is 30.1 Å². The van der Waals surface area contributed by atoms with Gasteiger partial charge in [0, 0.05) is 6.54 Å². The van der Waals surface area contributed by atoms with Crippen LogP contribution in [0.25, 0.3) is 0 Å². The lowest BCUT2D eigenvalue weighted by molar-refractivity contribution is 0.0951. The maximum absolute atomic E-state index is 12.3. The third-order valence-corrected chi connectivity index (χ3v) is 4.83. The maximum atomic E-state index is 12.3. The molecule has 0 aliphatic carbocycles. The summed E-state index contributed by atoms with van der Waals surface area (Å²) in [6.07, 6.45) is 4.82. The number of hydrogen-bond acceptors (Lipinski definition) is 4. The van der Waals surface area contributed by atoms with E-state index in [1.807, 2.05) is 0 Å². The van der Waals surface area contributed by atoms with E-state index in [-0.39, 0.29) is 5.91 Å². The fourth-order valence-electron chi connectivity index (χ4n) is 3.20. The Morgan fingerprint density at radius 2 is 2.13 bits per heavy atom. The van der Waals surface area contributed by atoms with Crippen LogP contribution >= 0.6 is 11.6 Å². The molecular weight excluding hydrogens is 314 g/mol. The van der Waals surface area contributed by atoms with E-state index >= 15 is 0 Å². The van der Waals surface area contributed by atoms with Crippen LogP contribution in [-0.4, -0.2) is 49.1 Å². The van der Waals surface area contributed by atoms with Crippen molar-refractivity contribution in [3.05, 3.63) is 28.3 Å². The first-order chi connectivity index (χ1) is 11.1. The summed E-state index contributed by atoms with van der Waals surface area (Å²) < 4.78 is 5.14. The van der Waals surface area contributed by atoms with Crippen LogP contribution in [0, 0.1) is 0 Å². The van der Waals surface area contributed by atoms with Crippen molar-refractivity contribution in [2.75, 3.05) is 26.2 Å². The number of nitrogens with one attached hydrogen (secondary N) is 1. The Kier molecular flexibility index (Phi) is 5.59. The summed E-state index contributed by atoms with van der Waals surface area (Å²) in [6.45, 7) is 4.31. The largest absolute Gasteiger partial charge is 0.491 e. The fraction of sp³-hybridized carbons (Fsp3) is 0.562. The molecule has 1 aromatic rings. The molecule has 0 saturated carbocycles. The van der Waals surface area contributed by atoms with Gasteiger partial charge in [0.15, 0.2) is 0 Å². The molecule has 23 heavy (non-hydrogen) atoms. The number of fused-ring (bicyclic) bond motifs is 1. The van der Waals surface area contributed by atoms with Crippen LogP contribution in [0.1, 0.15) is 41.6 Å². The number of likely N-dealkylation sites (tertiary alicyclic amines) is 1. The predicted molar refractivity (Wildman–Crippen MR) is 91.1 cm³/mol. The van der Waals surface area contributed by atoms with Gasteiger partial charge in [0.2, 0.25) is 0 Å². The Morgan fingerprint density at radius 1 is 1.35 bits per heavy atom. The highest BCUT2D eigenvalue weighted by Crippen LogP contribution is 2.20. The molecule has 2 aliphatic rings. The standard InChI is InChI=1S/C16H22BClN2O3/c18-15-9-12-11-23-17(22)14(12)10-13(15)16(21)19-5-4-8-20-6-2-1-3-7-20/h9-10,22H,1-8,11H2,(H,19,21). The lowest BCUT2D eigenvalue weighted by Crippen LogP contribution is -2.34. The van der Waals surface area contributed by atoms with Crippen LogP contribution in [0.5, 0.6) is 0 Å². The van der Waals surface area contributed by atoms with Gasteiger partial charge in [-0.05, 0) is 62.1 Å². The summed E-state index contributed by atoms with van der Waals surface area (Å²) in [6, 6.07) is 3.34. The minimum atomic E-state index is -0.965. The van der Waals surface area contributed by atoms with Gasteiger partial charge in [-0.2, -0.15) is 0 Å². The number of nitrogens with zero attached hydrogens (tertiary/aromatic N) is 1. The smallest absolute Gasteiger partial charge is 0.423 e. The second-order valence-electron chi connectivity index (χ2n) is 6.21. The van der Waals surface area contributed by atoms with Crippen molar-refractivity contribution in [1.29, 1.82) is 0 Å². The molecule has 1 aromatic carbocycles. The van der Waals surface area contributed by atoms with Crippen molar-refractivity contribution in [2.45, 2.75) is 32.3 Å². The number of rotatable bonds is 5. The number of benzene rings is 1. The van der Waals surface area contributed by atoms with E-state index in [0.717, 1.165) is 18.5 Å². The Balaban J connectivity index is 1.51. The van der Waals surface area contributed by atoms with Gasteiger partial charge in [0.05, 0.1) is 17.2 Å². The van der Waals surface area contributed by atoms with Gasteiger partial charge in [-0.3, -0.25) is 4.79 Å². The number of amides is 1. The van der Waals surface area contributed by atoms with Crippen molar-refractivity contribution < 1.29 is 14.5 Å². The third-order valence-electron chi connectivity index (χ3n) is 4.52. The zero-order valence-electron chi connectivity index (χ0n) is 13.2. The molecule has 0 bridgehead atoms. The minimum absolute atomic E-state index is 0.199. The fourth-order valence-corrected chi connectivity index (χ4v) is 3.47. The van der Waals surface area contributed by atoms with Crippen LogP contribution in [0.4, 0.5) is 0 Å². The Morgan fingerprint density at radius 3 is 2.91 bits per heavy atom. The second-order valence-corrected chi connectivity index (χ2v) is 6.61. The van der Waals surface area contributed by atoms with E-state index in [1.165, 1.54) is 32.4 Å². The van der Waals surface area contributed by atoms with Crippen molar-refractivity contribution in [3.8, 4) is 0 Å².